The van der Waals surface area contributed by atoms with Gasteiger partial charge in [-0.1, -0.05) is 33.8 Å². The summed E-state index contributed by atoms with van der Waals surface area (Å²) in [7, 11) is 0. The van der Waals surface area contributed by atoms with Crippen LogP contribution in [0, 0.1) is 17.6 Å². The zero-order valence-corrected chi connectivity index (χ0v) is 10.9. The van der Waals surface area contributed by atoms with Crippen LogP contribution in [0.25, 0.3) is 0 Å². The van der Waals surface area contributed by atoms with Crippen LogP contribution in [0.15, 0.2) is 18.2 Å². The number of nitrogens with one attached hydrogen (secondary N) is 1. The van der Waals surface area contributed by atoms with Crippen LogP contribution in [0.5, 0.6) is 0 Å². The van der Waals surface area contributed by atoms with Crippen molar-refractivity contribution in [1.29, 1.82) is 0 Å². The quantitative estimate of drug-likeness (QED) is 0.828. The summed E-state index contributed by atoms with van der Waals surface area (Å²) in [5, 5.41) is 3.30. The van der Waals surface area contributed by atoms with E-state index in [2.05, 4.69) is 19.2 Å². The normalized spacial score (nSPS) is 15.0. The average molecular weight is 241 g/mol. The van der Waals surface area contributed by atoms with E-state index in [1.807, 2.05) is 13.8 Å². The fourth-order valence-corrected chi connectivity index (χ4v) is 2.35. The van der Waals surface area contributed by atoms with E-state index in [9.17, 15) is 8.78 Å². The van der Waals surface area contributed by atoms with Crippen molar-refractivity contribution in [2.24, 2.45) is 5.92 Å². The number of rotatable bonds is 5. The zero-order valence-electron chi connectivity index (χ0n) is 10.9. The molecule has 0 heterocycles. The maximum atomic E-state index is 13.7. The maximum Gasteiger partial charge on any atom is 0.129 e. The van der Waals surface area contributed by atoms with Crippen molar-refractivity contribution >= 4 is 0 Å². The second kappa shape index (κ2) is 6.10. The Morgan fingerprint density at radius 3 is 2.06 bits per heavy atom. The Morgan fingerprint density at radius 1 is 1.12 bits per heavy atom. The maximum absolute atomic E-state index is 13.7. The van der Waals surface area contributed by atoms with E-state index in [0.29, 0.717) is 5.92 Å². The number of hydrogen-bond donors (Lipinski definition) is 1. The molecule has 0 fully saturated rings. The van der Waals surface area contributed by atoms with Gasteiger partial charge in [0.25, 0.3) is 0 Å². The smallest absolute Gasteiger partial charge is 0.129 e. The highest BCUT2D eigenvalue weighted by molar-refractivity contribution is 5.25. The fraction of sp³-hybridized carbons (Fsp3) is 0.571. The average Bonchev–Trinajstić information content (AvgIpc) is 2.24. The lowest BCUT2D eigenvalue weighted by Crippen LogP contribution is -2.38. The van der Waals surface area contributed by atoms with Crippen LogP contribution in [0.2, 0.25) is 0 Å². The standard InChI is InChI=1S/C14H21F2N/c1-5-17-14(9(2)3)10(4)13-11(15)7-6-8-12(13)16/h6-10,14,17H,5H2,1-4H3. The second-order valence-electron chi connectivity index (χ2n) is 4.75. The Morgan fingerprint density at radius 2 is 1.65 bits per heavy atom. The topological polar surface area (TPSA) is 12.0 Å². The Bertz CT molecular complexity index is 343. The van der Waals surface area contributed by atoms with Gasteiger partial charge in [0.1, 0.15) is 11.6 Å². The van der Waals surface area contributed by atoms with Gasteiger partial charge in [-0.15, -0.1) is 0 Å². The molecule has 1 nitrogen and oxygen atoms in total. The summed E-state index contributed by atoms with van der Waals surface area (Å²) < 4.78 is 27.4. The molecule has 96 valence electrons. The molecule has 1 aromatic carbocycles. The summed E-state index contributed by atoms with van der Waals surface area (Å²) in [5.74, 6) is -0.776. The molecule has 0 bridgehead atoms. The molecular formula is C14H21F2N. The van der Waals surface area contributed by atoms with Crippen LogP contribution in [0.1, 0.15) is 39.2 Å². The van der Waals surface area contributed by atoms with Gasteiger partial charge >= 0.3 is 0 Å². The first-order chi connectivity index (χ1) is 7.99. The number of likely N-dealkylation sites (N-methyl/N-ethyl adjacent to an activating group) is 1. The van der Waals surface area contributed by atoms with Crippen LogP contribution < -0.4 is 5.32 Å². The Labute approximate surface area is 102 Å². The van der Waals surface area contributed by atoms with Crippen LogP contribution in [0.3, 0.4) is 0 Å². The van der Waals surface area contributed by atoms with Gasteiger partial charge in [0.2, 0.25) is 0 Å². The highest BCUT2D eigenvalue weighted by Gasteiger charge is 2.25. The minimum absolute atomic E-state index is 0.0754. The molecule has 0 aromatic heterocycles. The van der Waals surface area contributed by atoms with Crippen LogP contribution in [0.4, 0.5) is 8.78 Å². The van der Waals surface area contributed by atoms with Crippen molar-refractivity contribution in [3.8, 4) is 0 Å². The zero-order chi connectivity index (χ0) is 13.0. The van der Waals surface area contributed by atoms with Gasteiger partial charge in [-0.2, -0.15) is 0 Å². The third-order valence-corrected chi connectivity index (χ3v) is 3.15. The summed E-state index contributed by atoms with van der Waals surface area (Å²) in [6.07, 6.45) is 0. The Balaban J connectivity index is 3.04. The van der Waals surface area contributed by atoms with Crippen molar-refractivity contribution in [1.82, 2.24) is 5.32 Å². The van der Waals surface area contributed by atoms with Crippen molar-refractivity contribution in [3.05, 3.63) is 35.4 Å². The largest absolute Gasteiger partial charge is 0.313 e. The van der Waals surface area contributed by atoms with Crippen molar-refractivity contribution < 1.29 is 8.78 Å². The third-order valence-electron chi connectivity index (χ3n) is 3.15. The Kier molecular flexibility index (Phi) is 5.06. The molecule has 0 amide bonds. The molecule has 0 aliphatic heterocycles. The minimum Gasteiger partial charge on any atom is -0.313 e. The molecular weight excluding hydrogens is 220 g/mol. The minimum atomic E-state index is -0.457. The molecule has 0 aliphatic carbocycles. The van der Waals surface area contributed by atoms with E-state index in [-0.39, 0.29) is 17.5 Å². The molecule has 1 aromatic rings. The lowest BCUT2D eigenvalue weighted by molar-refractivity contribution is 0.347. The SMILES string of the molecule is CCNC(C(C)C)C(C)c1c(F)cccc1F. The molecule has 0 saturated heterocycles. The van der Waals surface area contributed by atoms with E-state index < -0.39 is 11.6 Å². The van der Waals surface area contributed by atoms with Gasteiger partial charge < -0.3 is 5.32 Å². The molecule has 1 N–H and O–H groups in total. The number of benzene rings is 1. The summed E-state index contributed by atoms with van der Waals surface area (Å²) in [5.41, 5.74) is 0.187. The summed E-state index contributed by atoms with van der Waals surface area (Å²) >= 11 is 0. The highest BCUT2D eigenvalue weighted by atomic mass is 19.1. The lowest BCUT2D eigenvalue weighted by atomic mass is 9.86. The lowest BCUT2D eigenvalue weighted by Gasteiger charge is -2.29. The molecule has 1 rings (SSSR count). The monoisotopic (exact) mass is 241 g/mol. The van der Waals surface area contributed by atoms with Crippen LogP contribution in [-0.4, -0.2) is 12.6 Å². The predicted octanol–water partition coefficient (Wildman–Crippen LogP) is 3.70. The number of halogens is 2. The summed E-state index contributed by atoms with van der Waals surface area (Å²) in [6.45, 7) is 8.78. The molecule has 2 atom stereocenters. The molecule has 0 radical (unpaired) electrons. The fourth-order valence-electron chi connectivity index (χ4n) is 2.35. The first-order valence-electron chi connectivity index (χ1n) is 6.16. The Hall–Kier alpha value is -0.960. The van der Waals surface area contributed by atoms with Crippen molar-refractivity contribution in [2.45, 2.75) is 39.7 Å². The predicted molar refractivity (Wildman–Crippen MR) is 67.1 cm³/mol. The molecule has 0 saturated carbocycles. The second-order valence-corrected chi connectivity index (χ2v) is 4.75. The molecule has 0 spiro atoms. The number of hydrogen-bond acceptors (Lipinski definition) is 1. The van der Waals surface area contributed by atoms with E-state index in [1.165, 1.54) is 18.2 Å². The highest BCUT2D eigenvalue weighted by Crippen LogP contribution is 2.28. The third kappa shape index (κ3) is 3.25. The summed E-state index contributed by atoms with van der Waals surface area (Å²) in [4.78, 5) is 0. The molecule has 3 heteroatoms. The van der Waals surface area contributed by atoms with Gasteiger partial charge in [0.15, 0.2) is 0 Å². The van der Waals surface area contributed by atoms with Gasteiger partial charge in [0.05, 0.1) is 0 Å². The van der Waals surface area contributed by atoms with Gasteiger partial charge in [0, 0.05) is 17.5 Å². The van der Waals surface area contributed by atoms with Crippen molar-refractivity contribution in [3.63, 3.8) is 0 Å². The molecule has 0 aliphatic rings. The molecule has 2 unspecified atom stereocenters. The van der Waals surface area contributed by atoms with Crippen LogP contribution in [-0.2, 0) is 0 Å². The van der Waals surface area contributed by atoms with E-state index in [0.717, 1.165) is 6.54 Å². The summed E-state index contributed by atoms with van der Waals surface area (Å²) in [6, 6.07) is 4.11. The van der Waals surface area contributed by atoms with E-state index in [4.69, 9.17) is 0 Å². The van der Waals surface area contributed by atoms with Gasteiger partial charge in [-0.25, -0.2) is 8.78 Å². The van der Waals surface area contributed by atoms with E-state index >= 15 is 0 Å². The van der Waals surface area contributed by atoms with Gasteiger partial charge in [-0.05, 0) is 24.6 Å². The van der Waals surface area contributed by atoms with Crippen LogP contribution >= 0.6 is 0 Å². The van der Waals surface area contributed by atoms with E-state index in [1.54, 1.807) is 0 Å². The van der Waals surface area contributed by atoms with Crippen molar-refractivity contribution in [2.75, 3.05) is 6.54 Å². The van der Waals surface area contributed by atoms with Gasteiger partial charge in [-0.3, -0.25) is 0 Å². The first kappa shape index (κ1) is 14.1. The first-order valence-corrected chi connectivity index (χ1v) is 6.16. The molecule has 17 heavy (non-hydrogen) atoms.